The van der Waals surface area contributed by atoms with Crippen molar-refractivity contribution in [2.45, 2.75) is 26.2 Å². The molecule has 0 unspecified atom stereocenters. The normalized spacial score (nSPS) is 18.3. The van der Waals surface area contributed by atoms with Gasteiger partial charge in [-0.05, 0) is 26.8 Å². The summed E-state index contributed by atoms with van der Waals surface area (Å²) >= 11 is 0. The van der Waals surface area contributed by atoms with E-state index in [1.165, 1.54) is 0 Å². The van der Waals surface area contributed by atoms with Gasteiger partial charge in [0.05, 0.1) is 6.54 Å². The molecule has 0 bridgehead atoms. The third-order valence-electron chi connectivity index (χ3n) is 3.77. The van der Waals surface area contributed by atoms with Gasteiger partial charge in [-0.25, -0.2) is 9.97 Å². The molecule has 3 heterocycles. The largest absolute Gasteiger partial charge is 0.369 e. The number of nitrogens with two attached hydrogens (primary N) is 1. The lowest BCUT2D eigenvalue weighted by Crippen LogP contribution is -2.32. The van der Waals surface area contributed by atoms with Gasteiger partial charge in [0.15, 0.2) is 5.82 Å². The van der Waals surface area contributed by atoms with Gasteiger partial charge in [-0.3, -0.25) is 9.69 Å². The average Bonchev–Trinajstić information content (AvgIpc) is 3.07. The fourth-order valence-corrected chi connectivity index (χ4v) is 2.80. The molecule has 2 aromatic heterocycles. The van der Waals surface area contributed by atoms with E-state index in [1.807, 2.05) is 24.8 Å². The van der Waals surface area contributed by atoms with E-state index in [0.717, 1.165) is 36.8 Å². The molecule has 3 rings (SSSR count). The van der Waals surface area contributed by atoms with Crippen LogP contribution in [0.3, 0.4) is 0 Å². The van der Waals surface area contributed by atoms with Crippen LogP contribution in [-0.2, 0) is 4.79 Å². The monoisotopic (exact) mass is 316 g/mol. The predicted octanol–water partition coefficient (Wildman–Crippen LogP) is 1.10. The van der Waals surface area contributed by atoms with E-state index in [2.05, 4.69) is 20.4 Å². The van der Waals surface area contributed by atoms with Gasteiger partial charge in [0, 0.05) is 30.3 Å². The lowest BCUT2D eigenvalue weighted by atomic mass is 10.1. The van der Waals surface area contributed by atoms with Crippen LogP contribution in [0, 0.1) is 13.8 Å². The number of aryl methyl sites for hydroxylation is 2. The van der Waals surface area contributed by atoms with Gasteiger partial charge in [-0.15, -0.1) is 0 Å². The van der Waals surface area contributed by atoms with Crippen molar-refractivity contribution in [1.82, 2.24) is 20.0 Å². The second-order valence-corrected chi connectivity index (χ2v) is 5.89. The number of primary amides is 1. The first-order chi connectivity index (χ1) is 11.0. The summed E-state index contributed by atoms with van der Waals surface area (Å²) in [6.45, 7) is 5.62. The van der Waals surface area contributed by atoms with Crippen LogP contribution in [0.25, 0.3) is 0 Å². The van der Waals surface area contributed by atoms with Crippen LogP contribution in [0.1, 0.15) is 29.6 Å². The highest BCUT2D eigenvalue weighted by Gasteiger charge is 2.27. The number of rotatable bonds is 5. The zero-order valence-corrected chi connectivity index (χ0v) is 13.2. The Balaban J connectivity index is 1.74. The Labute approximate surface area is 134 Å². The fraction of sp³-hybridized carbons (Fsp3) is 0.467. The number of likely N-dealkylation sites (tertiary alicyclic amines) is 1. The minimum atomic E-state index is -0.306. The van der Waals surface area contributed by atoms with Crippen LogP contribution >= 0.6 is 0 Å². The molecule has 1 atom stereocenters. The Morgan fingerprint density at radius 3 is 2.91 bits per heavy atom. The molecule has 122 valence electrons. The first kappa shape index (κ1) is 15.4. The maximum Gasteiger partial charge on any atom is 0.231 e. The number of nitrogens with one attached hydrogen (secondary N) is 1. The number of anilines is 2. The standard InChI is InChI=1S/C15H20N6O2/c1-9-5-13(18-14-6-10(2)23-20-14)19-15(17-9)11-3-4-21(7-11)8-12(16)22/h5-6,11H,3-4,7-8H2,1-2H3,(H2,16,22)(H,17,18,19,20)/t11-/m0/s1. The van der Waals surface area contributed by atoms with Crippen molar-refractivity contribution in [2.24, 2.45) is 5.73 Å². The first-order valence-corrected chi connectivity index (χ1v) is 7.56. The van der Waals surface area contributed by atoms with Crippen molar-refractivity contribution < 1.29 is 9.32 Å². The average molecular weight is 316 g/mol. The SMILES string of the molecule is Cc1cc(Nc2cc(C)on2)nc([C@H]2CCN(CC(N)=O)C2)n1. The van der Waals surface area contributed by atoms with Crippen molar-refractivity contribution in [3.05, 3.63) is 29.4 Å². The van der Waals surface area contributed by atoms with Gasteiger partial charge in [0.25, 0.3) is 0 Å². The van der Waals surface area contributed by atoms with E-state index in [-0.39, 0.29) is 18.4 Å². The second kappa shape index (κ2) is 6.33. The lowest BCUT2D eigenvalue weighted by molar-refractivity contribution is -0.118. The molecule has 1 saturated heterocycles. The molecule has 0 saturated carbocycles. The maximum absolute atomic E-state index is 11.0. The lowest BCUT2D eigenvalue weighted by Gasteiger charge is -2.14. The summed E-state index contributed by atoms with van der Waals surface area (Å²) in [5.74, 6) is 2.71. The predicted molar refractivity (Wildman–Crippen MR) is 84.3 cm³/mol. The molecule has 1 amide bonds. The summed E-state index contributed by atoms with van der Waals surface area (Å²) in [5, 5.41) is 7.04. The van der Waals surface area contributed by atoms with E-state index < -0.39 is 0 Å². The summed E-state index contributed by atoms with van der Waals surface area (Å²) in [6.07, 6.45) is 0.916. The molecule has 0 aliphatic carbocycles. The van der Waals surface area contributed by atoms with E-state index >= 15 is 0 Å². The van der Waals surface area contributed by atoms with Crippen LogP contribution < -0.4 is 11.1 Å². The third-order valence-corrected chi connectivity index (χ3v) is 3.77. The van der Waals surface area contributed by atoms with Crippen molar-refractivity contribution in [3.8, 4) is 0 Å². The smallest absolute Gasteiger partial charge is 0.231 e. The van der Waals surface area contributed by atoms with Crippen LogP contribution in [-0.4, -0.2) is 45.6 Å². The van der Waals surface area contributed by atoms with Crippen molar-refractivity contribution in [1.29, 1.82) is 0 Å². The van der Waals surface area contributed by atoms with Gasteiger partial charge in [0.1, 0.15) is 17.4 Å². The molecule has 2 aromatic rings. The van der Waals surface area contributed by atoms with Gasteiger partial charge >= 0.3 is 0 Å². The molecule has 0 radical (unpaired) electrons. The topological polar surface area (TPSA) is 110 Å². The number of hydrogen-bond donors (Lipinski definition) is 2. The van der Waals surface area contributed by atoms with Crippen LogP contribution in [0.15, 0.2) is 16.7 Å². The maximum atomic E-state index is 11.0. The Morgan fingerprint density at radius 2 is 2.22 bits per heavy atom. The van der Waals surface area contributed by atoms with Gasteiger partial charge < -0.3 is 15.6 Å². The molecule has 23 heavy (non-hydrogen) atoms. The molecule has 3 N–H and O–H groups in total. The second-order valence-electron chi connectivity index (χ2n) is 5.89. The number of aromatic nitrogens is 3. The highest BCUT2D eigenvalue weighted by atomic mass is 16.5. The van der Waals surface area contributed by atoms with E-state index in [4.69, 9.17) is 10.3 Å². The highest BCUT2D eigenvalue weighted by molar-refractivity contribution is 5.75. The van der Waals surface area contributed by atoms with Gasteiger partial charge in [0.2, 0.25) is 5.91 Å². The fourth-order valence-electron chi connectivity index (χ4n) is 2.80. The van der Waals surface area contributed by atoms with Crippen molar-refractivity contribution in [3.63, 3.8) is 0 Å². The minimum absolute atomic E-state index is 0.203. The number of hydrogen-bond acceptors (Lipinski definition) is 7. The number of carbonyl (C=O) groups is 1. The number of amides is 1. The number of nitrogens with zero attached hydrogens (tertiary/aromatic N) is 4. The Kier molecular flexibility index (Phi) is 4.24. The molecular weight excluding hydrogens is 296 g/mol. The van der Waals surface area contributed by atoms with Crippen molar-refractivity contribution >= 4 is 17.5 Å². The molecule has 8 nitrogen and oxygen atoms in total. The van der Waals surface area contributed by atoms with Crippen LogP contribution in [0.5, 0.6) is 0 Å². The molecule has 1 aliphatic rings. The van der Waals surface area contributed by atoms with E-state index in [1.54, 1.807) is 6.07 Å². The highest BCUT2D eigenvalue weighted by Crippen LogP contribution is 2.26. The summed E-state index contributed by atoms with van der Waals surface area (Å²) in [6, 6.07) is 3.67. The Hall–Kier alpha value is -2.48. The van der Waals surface area contributed by atoms with Gasteiger partial charge in [-0.1, -0.05) is 5.16 Å². The quantitative estimate of drug-likeness (QED) is 0.849. The summed E-state index contributed by atoms with van der Waals surface area (Å²) in [5.41, 5.74) is 6.14. The molecule has 0 aromatic carbocycles. The first-order valence-electron chi connectivity index (χ1n) is 7.56. The third kappa shape index (κ3) is 3.84. The van der Waals surface area contributed by atoms with E-state index in [9.17, 15) is 4.79 Å². The van der Waals surface area contributed by atoms with E-state index in [0.29, 0.717) is 11.6 Å². The molecule has 0 spiro atoms. The molecule has 8 heteroatoms. The van der Waals surface area contributed by atoms with Gasteiger partial charge in [-0.2, -0.15) is 0 Å². The molecule has 1 aliphatic heterocycles. The minimum Gasteiger partial charge on any atom is -0.369 e. The Bertz CT molecular complexity index is 714. The zero-order chi connectivity index (χ0) is 16.4. The van der Waals surface area contributed by atoms with Crippen LogP contribution in [0.2, 0.25) is 0 Å². The molecular formula is C15H20N6O2. The molecule has 1 fully saturated rings. The summed E-state index contributed by atoms with van der Waals surface area (Å²) in [7, 11) is 0. The summed E-state index contributed by atoms with van der Waals surface area (Å²) < 4.78 is 5.04. The van der Waals surface area contributed by atoms with Crippen LogP contribution in [0.4, 0.5) is 11.6 Å². The number of carbonyl (C=O) groups excluding carboxylic acids is 1. The van der Waals surface area contributed by atoms with Crippen molar-refractivity contribution in [2.75, 3.05) is 25.0 Å². The summed E-state index contributed by atoms with van der Waals surface area (Å²) in [4.78, 5) is 22.2. The Morgan fingerprint density at radius 1 is 1.39 bits per heavy atom. The zero-order valence-electron chi connectivity index (χ0n) is 13.2.